The van der Waals surface area contributed by atoms with E-state index in [1.54, 1.807) is 12.1 Å². The molecule has 0 heterocycles. The molecule has 2 aromatic carbocycles. The molecule has 0 aliphatic carbocycles. The Hall–Kier alpha value is -2.15. The van der Waals surface area contributed by atoms with Crippen molar-refractivity contribution in [1.29, 1.82) is 0 Å². The maximum absolute atomic E-state index is 13.3. The van der Waals surface area contributed by atoms with Crippen molar-refractivity contribution in [3.05, 3.63) is 56.8 Å². The van der Waals surface area contributed by atoms with Crippen LogP contribution in [0.2, 0.25) is 0 Å². The lowest BCUT2D eigenvalue weighted by atomic mass is 10.2. The second-order valence-electron chi connectivity index (χ2n) is 4.21. The zero-order valence-electron chi connectivity index (χ0n) is 11.1. The highest BCUT2D eigenvalue weighted by molar-refractivity contribution is 9.10. The first-order chi connectivity index (χ1) is 9.97. The maximum atomic E-state index is 13.3. The van der Waals surface area contributed by atoms with Gasteiger partial charge in [-0.25, -0.2) is 4.39 Å². The van der Waals surface area contributed by atoms with Gasteiger partial charge in [-0.15, -0.1) is 0 Å². The lowest BCUT2D eigenvalue weighted by molar-refractivity contribution is -0.384. The standard InChI is InChI=1S/C14H12BrFN2O3/c1-2-17-11-6-12(18(19)20)8-14(7-11)21-13-4-9(15)3-10(16)5-13/h3-8,17H,2H2,1H3. The van der Waals surface area contributed by atoms with E-state index in [4.69, 9.17) is 4.74 Å². The lowest BCUT2D eigenvalue weighted by Crippen LogP contribution is -1.98. The van der Waals surface area contributed by atoms with Crippen LogP contribution in [0.15, 0.2) is 40.9 Å². The molecule has 0 aromatic heterocycles. The summed E-state index contributed by atoms with van der Waals surface area (Å²) in [5, 5.41) is 13.9. The number of nitro groups is 1. The Morgan fingerprint density at radius 3 is 2.57 bits per heavy atom. The van der Waals surface area contributed by atoms with E-state index in [9.17, 15) is 14.5 Å². The van der Waals surface area contributed by atoms with Crippen molar-refractivity contribution in [1.82, 2.24) is 0 Å². The topological polar surface area (TPSA) is 64.4 Å². The smallest absolute Gasteiger partial charge is 0.275 e. The van der Waals surface area contributed by atoms with Gasteiger partial charge in [-0.1, -0.05) is 15.9 Å². The largest absolute Gasteiger partial charge is 0.457 e. The molecule has 0 spiro atoms. The molecular weight excluding hydrogens is 343 g/mol. The molecule has 0 aliphatic heterocycles. The van der Waals surface area contributed by atoms with E-state index >= 15 is 0 Å². The predicted molar refractivity (Wildman–Crippen MR) is 81.4 cm³/mol. The Balaban J connectivity index is 2.35. The lowest BCUT2D eigenvalue weighted by Gasteiger charge is -2.09. The van der Waals surface area contributed by atoms with Crippen LogP contribution in [0.5, 0.6) is 11.5 Å². The molecule has 7 heteroatoms. The normalized spacial score (nSPS) is 10.2. The van der Waals surface area contributed by atoms with Gasteiger partial charge in [0.2, 0.25) is 0 Å². The molecule has 0 aliphatic rings. The Kier molecular flexibility index (Phi) is 4.74. The third-order valence-electron chi connectivity index (χ3n) is 2.55. The Labute approximate surface area is 129 Å². The van der Waals surface area contributed by atoms with Crippen molar-refractivity contribution >= 4 is 27.3 Å². The Bertz CT molecular complexity index is 659. The number of ether oxygens (including phenoxy) is 1. The van der Waals surface area contributed by atoms with Crippen molar-refractivity contribution in [3.63, 3.8) is 0 Å². The molecule has 0 atom stereocenters. The first kappa shape index (κ1) is 15.2. The van der Waals surface area contributed by atoms with Gasteiger partial charge in [-0.05, 0) is 19.1 Å². The van der Waals surface area contributed by atoms with Gasteiger partial charge in [-0.3, -0.25) is 10.1 Å². The van der Waals surface area contributed by atoms with Crippen molar-refractivity contribution in [3.8, 4) is 11.5 Å². The predicted octanol–water partition coefficient (Wildman–Crippen LogP) is 4.72. The van der Waals surface area contributed by atoms with Crippen molar-refractivity contribution < 1.29 is 14.1 Å². The minimum Gasteiger partial charge on any atom is -0.457 e. The van der Waals surface area contributed by atoms with Crippen molar-refractivity contribution in [2.45, 2.75) is 6.92 Å². The highest BCUT2D eigenvalue weighted by atomic mass is 79.9. The van der Waals surface area contributed by atoms with Gasteiger partial charge in [0.25, 0.3) is 5.69 Å². The summed E-state index contributed by atoms with van der Waals surface area (Å²) in [4.78, 5) is 10.4. The number of halogens is 2. The van der Waals surface area contributed by atoms with Crippen molar-refractivity contribution in [2.75, 3.05) is 11.9 Å². The second-order valence-corrected chi connectivity index (χ2v) is 5.13. The van der Waals surface area contributed by atoms with Gasteiger partial charge < -0.3 is 10.1 Å². The Morgan fingerprint density at radius 2 is 1.95 bits per heavy atom. The molecule has 0 bridgehead atoms. The molecule has 0 unspecified atom stereocenters. The first-order valence-corrected chi connectivity index (χ1v) is 6.94. The fraction of sp³-hybridized carbons (Fsp3) is 0.143. The van der Waals surface area contributed by atoms with Crippen LogP contribution in [0, 0.1) is 15.9 Å². The van der Waals surface area contributed by atoms with Crippen LogP contribution in [0.3, 0.4) is 0 Å². The summed E-state index contributed by atoms with van der Waals surface area (Å²) in [7, 11) is 0. The van der Waals surface area contributed by atoms with Gasteiger partial charge >= 0.3 is 0 Å². The van der Waals surface area contributed by atoms with Crippen LogP contribution in [0.25, 0.3) is 0 Å². The van der Waals surface area contributed by atoms with Crippen LogP contribution < -0.4 is 10.1 Å². The van der Waals surface area contributed by atoms with Gasteiger partial charge in [0, 0.05) is 34.9 Å². The van der Waals surface area contributed by atoms with Crippen LogP contribution in [-0.2, 0) is 0 Å². The number of benzene rings is 2. The average molecular weight is 355 g/mol. The zero-order chi connectivity index (χ0) is 15.4. The highest BCUT2D eigenvalue weighted by Gasteiger charge is 2.11. The molecular formula is C14H12BrFN2O3. The summed E-state index contributed by atoms with van der Waals surface area (Å²) in [5.74, 6) is 0.0548. The molecule has 5 nitrogen and oxygen atoms in total. The summed E-state index contributed by atoms with van der Waals surface area (Å²) in [6, 6.07) is 8.41. The summed E-state index contributed by atoms with van der Waals surface area (Å²) >= 11 is 3.16. The van der Waals surface area contributed by atoms with Crippen LogP contribution >= 0.6 is 15.9 Å². The summed E-state index contributed by atoms with van der Waals surface area (Å²) in [6.45, 7) is 2.50. The fourth-order valence-corrected chi connectivity index (χ4v) is 2.22. The van der Waals surface area contributed by atoms with Crippen molar-refractivity contribution in [2.24, 2.45) is 0 Å². The third kappa shape index (κ3) is 4.16. The average Bonchev–Trinajstić information content (AvgIpc) is 2.37. The molecule has 1 N–H and O–H groups in total. The van der Waals surface area contributed by atoms with Crippen LogP contribution in [0.1, 0.15) is 6.92 Å². The summed E-state index contributed by atoms with van der Waals surface area (Å²) in [6.07, 6.45) is 0. The van der Waals surface area contributed by atoms with E-state index < -0.39 is 10.7 Å². The van der Waals surface area contributed by atoms with E-state index in [0.29, 0.717) is 16.7 Å². The molecule has 0 saturated carbocycles. The number of nitro benzene ring substituents is 1. The van der Waals surface area contributed by atoms with E-state index in [1.165, 1.54) is 24.3 Å². The number of nitrogens with one attached hydrogen (secondary N) is 1. The van der Waals surface area contributed by atoms with E-state index in [-0.39, 0.29) is 17.2 Å². The molecule has 110 valence electrons. The molecule has 0 radical (unpaired) electrons. The van der Waals surface area contributed by atoms with Crippen LogP contribution in [-0.4, -0.2) is 11.5 Å². The van der Waals surface area contributed by atoms with E-state index in [1.807, 2.05) is 6.92 Å². The van der Waals surface area contributed by atoms with Gasteiger partial charge in [0.1, 0.15) is 17.3 Å². The number of hydrogen-bond donors (Lipinski definition) is 1. The number of non-ortho nitro benzene ring substituents is 1. The molecule has 0 saturated heterocycles. The molecule has 21 heavy (non-hydrogen) atoms. The molecule has 2 rings (SSSR count). The Morgan fingerprint density at radius 1 is 1.24 bits per heavy atom. The fourth-order valence-electron chi connectivity index (χ4n) is 1.78. The third-order valence-corrected chi connectivity index (χ3v) is 3.01. The molecule has 2 aromatic rings. The second kappa shape index (κ2) is 6.53. The molecule has 0 amide bonds. The quantitative estimate of drug-likeness (QED) is 0.623. The van der Waals surface area contributed by atoms with Gasteiger partial charge in [0.05, 0.1) is 11.0 Å². The maximum Gasteiger partial charge on any atom is 0.275 e. The van der Waals surface area contributed by atoms with Crippen LogP contribution in [0.4, 0.5) is 15.8 Å². The first-order valence-electron chi connectivity index (χ1n) is 6.15. The summed E-state index contributed by atoms with van der Waals surface area (Å²) in [5.41, 5.74) is 0.469. The number of hydrogen-bond acceptors (Lipinski definition) is 4. The SMILES string of the molecule is CCNc1cc(Oc2cc(F)cc(Br)c2)cc([N+](=O)[O-])c1. The zero-order valence-corrected chi connectivity index (χ0v) is 12.7. The monoisotopic (exact) mass is 354 g/mol. The molecule has 0 fully saturated rings. The highest BCUT2D eigenvalue weighted by Crippen LogP contribution is 2.31. The van der Waals surface area contributed by atoms with E-state index in [2.05, 4.69) is 21.2 Å². The van der Waals surface area contributed by atoms with Gasteiger partial charge in [0.15, 0.2) is 0 Å². The minimum absolute atomic E-state index is 0.0982. The number of nitrogens with zero attached hydrogens (tertiary/aromatic N) is 1. The number of anilines is 1. The van der Waals surface area contributed by atoms with E-state index in [0.717, 1.165) is 0 Å². The number of rotatable bonds is 5. The minimum atomic E-state index is -0.505. The summed E-state index contributed by atoms with van der Waals surface area (Å²) < 4.78 is 19.3. The van der Waals surface area contributed by atoms with Gasteiger partial charge in [-0.2, -0.15) is 0 Å².